The molecule has 0 amide bonds. The van der Waals surface area contributed by atoms with Gasteiger partial charge in [0.15, 0.2) is 11.3 Å². The molecule has 3 heterocycles. The Kier molecular flexibility index (Phi) is 4.45. The minimum atomic E-state index is -1.07. The van der Waals surface area contributed by atoms with Crippen molar-refractivity contribution in [1.82, 2.24) is 14.8 Å². The molecule has 0 atom stereocenters. The van der Waals surface area contributed by atoms with Gasteiger partial charge in [-0.05, 0) is 43.9 Å². The average Bonchev–Trinajstić information content (AvgIpc) is 3.06. The fourth-order valence-corrected chi connectivity index (χ4v) is 4.29. The molecule has 1 aromatic carbocycles. The van der Waals surface area contributed by atoms with Gasteiger partial charge in [-0.2, -0.15) is 5.10 Å². The Bertz CT molecular complexity index is 1050. The molecule has 0 radical (unpaired) electrons. The topological polar surface area (TPSA) is 71.2 Å². The molecular formula is C22H23FN4O2. The van der Waals surface area contributed by atoms with E-state index in [-0.39, 0.29) is 5.69 Å². The molecule has 1 saturated heterocycles. The number of nitrogens with zero attached hydrogens (tertiary/aromatic N) is 4. The summed E-state index contributed by atoms with van der Waals surface area (Å²) in [5.74, 6) is -0.711. The van der Waals surface area contributed by atoms with Gasteiger partial charge in [-0.1, -0.05) is 24.6 Å². The molecule has 2 aromatic heterocycles. The second kappa shape index (κ2) is 7.13. The highest BCUT2D eigenvalue weighted by Crippen LogP contribution is 2.43. The fourth-order valence-electron chi connectivity index (χ4n) is 4.29. The van der Waals surface area contributed by atoms with Gasteiger partial charge in [-0.25, -0.2) is 18.9 Å². The van der Waals surface area contributed by atoms with Crippen LogP contribution >= 0.6 is 0 Å². The van der Waals surface area contributed by atoms with Gasteiger partial charge in [0.05, 0.1) is 22.5 Å². The molecular weight excluding hydrogens is 371 g/mol. The Morgan fingerprint density at radius 2 is 1.83 bits per heavy atom. The van der Waals surface area contributed by atoms with Crippen LogP contribution in [0, 0.1) is 0 Å². The van der Waals surface area contributed by atoms with E-state index in [0.29, 0.717) is 37.5 Å². The molecule has 6 nitrogen and oxygen atoms in total. The number of aromatic carboxylic acids is 1. The molecule has 5 rings (SSSR count). The molecule has 7 heteroatoms. The Balaban J connectivity index is 1.76. The lowest BCUT2D eigenvalue weighted by Crippen LogP contribution is -2.34. The maximum Gasteiger partial charge on any atom is 0.354 e. The first-order valence-corrected chi connectivity index (χ1v) is 10.2. The van der Waals surface area contributed by atoms with E-state index in [9.17, 15) is 14.3 Å². The zero-order valence-electron chi connectivity index (χ0n) is 16.1. The summed E-state index contributed by atoms with van der Waals surface area (Å²) < 4.78 is 15.5. The zero-order chi connectivity index (χ0) is 20.0. The normalized spacial score (nSPS) is 18.2. The zero-order valence-corrected chi connectivity index (χ0v) is 16.1. The summed E-state index contributed by atoms with van der Waals surface area (Å²) in [4.78, 5) is 18.4. The van der Waals surface area contributed by atoms with Gasteiger partial charge in [0.2, 0.25) is 0 Å². The summed E-state index contributed by atoms with van der Waals surface area (Å²) in [5.41, 5.74) is 3.22. The van der Waals surface area contributed by atoms with Crippen LogP contribution in [0.15, 0.2) is 36.4 Å². The Hall–Kier alpha value is -2.96. The number of carbonyl (C=O) groups is 1. The number of carboxylic acid groups (broad SMARTS) is 1. The largest absolute Gasteiger partial charge is 0.477 e. The first kappa shape index (κ1) is 18.1. The third-order valence-corrected chi connectivity index (χ3v) is 6.12. The maximum absolute atomic E-state index is 13.7. The summed E-state index contributed by atoms with van der Waals surface area (Å²) in [6.45, 7) is 1.14. The van der Waals surface area contributed by atoms with Crippen LogP contribution in [0.2, 0.25) is 0 Å². The van der Waals surface area contributed by atoms with Crippen molar-refractivity contribution in [3.05, 3.63) is 47.8 Å². The summed E-state index contributed by atoms with van der Waals surface area (Å²) in [5, 5.41) is 15.5. The number of piperidine rings is 1. The van der Waals surface area contributed by atoms with Crippen LogP contribution < -0.4 is 4.90 Å². The number of benzene rings is 1. The molecule has 1 N–H and O–H groups in total. The highest BCUT2D eigenvalue weighted by atomic mass is 19.1. The number of halogens is 1. The smallest absolute Gasteiger partial charge is 0.354 e. The van der Waals surface area contributed by atoms with Crippen molar-refractivity contribution in [3.63, 3.8) is 0 Å². The summed E-state index contributed by atoms with van der Waals surface area (Å²) in [6, 6.07) is 11.3. The van der Waals surface area contributed by atoms with Crippen LogP contribution in [0.5, 0.6) is 0 Å². The van der Waals surface area contributed by atoms with Crippen LogP contribution in [0.1, 0.15) is 54.2 Å². The van der Waals surface area contributed by atoms with Crippen molar-refractivity contribution in [2.24, 2.45) is 0 Å². The number of anilines is 1. The van der Waals surface area contributed by atoms with E-state index in [4.69, 9.17) is 5.10 Å². The van der Waals surface area contributed by atoms with E-state index in [0.717, 1.165) is 35.3 Å². The van der Waals surface area contributed by atoms with E-state index in [1.165, 1.54) is 6.42 Å². The predicted molar refractivity (Wildman–Crippen MR) is 109 cm³/mol. The number of fused-ring (bicyclic) bond motifs is 1. The lowest BCUT2D eigenvalue weighted by atomic mass is 9.82. The molecule has 1 aliphatic carbocycles. The van der Waals surface area contributed by atoms with Crippen LogP contribution in [0.4, 0.5) is 10.1 Å². The van der Waals surface area contributed by atoms with Gasteiger partial charge in [0.25, 0.3) is 0 Å². The van der Waals surface area contributed by atoms with Crippen LogP contribution in [-0.2, 0) is 0 Å². The lowest BCUT2D eigenvalue weighted by molar-refractivity contribution is 0.0691. The molecule has 1 aliphatic heterocycles. The SMILES string of the molecule is O=C(O)c1cc(N2CCC(F)CC2)c2c(C3CCC3)nn(-c3ccccc3)c2n1. The molecule has 150 valence electrons. The summed E-state index contributed by atoms with van der Waals surface area (Å²) in [7, 11) is 0. The van der Waals surface area contributed by atoms with Crippen molar-refractivity contribution in [2.75, 3.05) is 18.0 Å². The van der Waals surface area contributed by atoms with Gasteiger partial charge in [0, 0.05) is 19.0 Å². The number of hydrogen-bond donors (Lipinski definition) is 1. The number of aromatic nitrogens is 3. The standard InChI is InChI=1S/C22H23FN4O2/c23-15-9-11-26(12-10-15)18-13-17(22(28)29)24-21-19(18)20(14-5-4-6-14)25-27(21)16-7-2-1-3-8-16/h1-3,7-8,13-15H,4-6,9-12H2,(H,28,29). The van der Waals surface area contributed by atoms with Gasteiger partial charge in [-0.15, -0.1) is 0 Å². The van der Waals surface area contributed by atoms with Gasteiger partial charge in [-0.3, -0.25) is 0 Å². The number of pyridine rings is 1. The molecule has 0 bridgehead atoms. The molecule has 0 spiro atoms. The highest BCUT2D eigenvalue weighted by molar-refractivity contribution is 5.98. The van der Waals surface area contributed by atoms with Crippen molar-refractivity contribution in [1.29, 1.82) is 0 Å². The monoisotopic (exact) mass is 394 g/mol. The van der Waals surface area contributed by atoms with Crippen molar-refractivity contribution < 1.29 is 14.3 Å². The Labute approximate surface area is 168 Å². The van der Waals surface area contributed by atoms with Crippen molar-refractivity contribution in [3.8, 4) is 5.69 Å². The fraction of sp³-hybridized carbons (Fsp3) is 0.409. The predicted octanol–water partition coefficient (Wildman–Crippen LogP) is 4.32. The molecule has 1 saturated carbocycles. The van der Waals surface area contributed by atoms with E-state index in [1.54, 1.807) is 10.7 Å². The van der Waals surface area contributed by atoms with E-state index in [1.807, 2.05) is 30.3 Å². The van der Waals surface area contributed by atoms with Crippen LogP contribution in [0.25, 0.3) is 16.7 Å². The minimum Gasteiger partial charge on any atom is -0.477 e. The maximum atomic E-state index is 13.7. The quantitative estimate of drug-likeness (QED) is 0.713. The minimum absolute atomic E-state index is 0.00730. The molecule has 29 heavy (non-hydrogen) atoms. The third-order valence-electron chi connectivity index (χ3n) is 6.12. The third kappa shape index (κ3) is 3.14. The van der Waals surface area contributed by atoms with E-state index in [2.05, 4.69) is 9.88 Å². The van der Waals surface area contributed by atoms with Crippen LogP contribution in [0.3, 0.4) is 0 Å². The van der Waals surface area contributed by atoms with E-state index >= 15 is 0 Å². The van der Waals surface area contributed by atoms with Gasteiger partial charge >= 0.3 is 5.97 Å². The number of alkyl halides is 1. The summed E-state index contributed by atoms with van der Waals surface area (Å²) >= 11 is 0. The second-order valence-electron chi connectivity index (χ2n) is 7.95. The van der Waals surface area contributed by atoms with Crippen molar-refractivity contribution in [2.45, 2.75) is 44.2 Å². The number of para-hydroxylation sites is 1. The van der Waals surface area contributed by atoms with Crippen molar-refractivity contribution >= 4 is 22.7 Å². The average molecular weight is 394 g/mol. The Morgan fingerprint density at radius 3 is 2.45 bits per heavy atom. The van der Waals surface area contributed by atoms with Gasteiger partial charge < -0.3 is 10.0 Å². The highest BCUT2D eigenvalue weighted by Gasteiger charge is 2.31. The lowest BCUT2D eigenvalue weighted by Gasteiger charge is -2.32. The molecule has 2 aliphatic rings. The number of carboxylic acids is 1. The van der Waals surface area contributed by atoms with E-state index < -0.39 is 12.1 Å². The number of hydrogen-bond acceptors (Lipinski definition) is 4. The Morgan fingerprint density at radius 1 is 1.10 bits per heavy atom. The second-order valence-corrected chi connectivity index (χ2v) is 7.95. The summed E-state index contributed by atoms with van der Waals surface area (Å²) in [6.07, 6.45) is 3.45. The molecule has 3 aromatic rings. The first-order valence-electron chi connectivity index (χ1n) is 10.2. The molecule has 0 unspecified atom stereocenters. The first-order chi connectivity index (χ1) is 14.1. The molecule has 2 fully saturated rings. The number of rotatable bonds is 4. The van der Waals surface area contributed by atoms with Crippen LogP contribution in [-0.4, -0.2) is 45.1 Å². The van der Waals surface area contributed by atoms with Gasteiger partial charge in [0.1, 0.15) is 6.17 Å².